The molecule has 1 saturated carbocycles. The van der Waals surface area contributed by atoms with Crippen LogP contribution in [-0.2, 0) is 4.79 Å². The van der Waals surface area contributed by atoms with Crippen molar-refractivity contribution in [2.75, 3.05) is 42.9 Å². The minimum Gasteiger partial charge on any atom is -0.506 e. The molecular formula is C22H27N4O3+. The summed E-state index contributed by atoms with van der Waals surface area (Å²) >= 11 is 0. The van der Waals surface area contributed by atoms with Crippen molar-refractivity contribution in [2.24, 2.45) is 0 Å². The molecule has 7 nitrogen and oxygen atoms in total. The molecule has 2 aromatic rings. The van der Waals surface area contributed by atoms with Gasteiger partial charge in [0.2, 0.25) is 0 Å². The molecule has 2 fully saturated rings. The Balaban J connectivity index is 1.31. The van der Waals surface area contributed by atoms with E-state index in [4.69, 9.17) is 0 Å². The molecule has 1 saturated heterocycles. The molecule has 2 aromatic carbocycles. The number of nitrogens with zero attached hydrogens (tertiary/aromatic N) is 1. The highest BCUT2D eigenvalue weighted by Crippen LogP contribution is 2.26. The van der Waals surface area contributed by atoms with E-state index in [1.54, 1.807) is 24.3 Å². The Bertz CT molecular complexity index is 889. The standard InChI is InChI=1S/C22H26N4O3/c27-20-8-4-3-7-19(20)26-13-11-25(12-14-26)15-21(28)24-18-6-2-1-5-17(18)22(29)23-16-9-10-16/h1-8,16,27H,9-15H2,(H,23,29)(H,24,28)/p+1. The van der Waals surface area contributed by atoms with E-state index in [1.807, 2.05) is 24.3 Å². The molecule has 2 aliphatic rings. The third-order valence-electron chi connectivity index (χ3n) is 5.46. The lowest BCUT2D eigenvalue weighted by atomic mass is 10.1. The van der Waals surface area contributed by atoms with Crippen molar-refractivity contribution < 1.29 is 19.6 Å². The van der Waals surface area contributed by atoms with Crippen LogP contribution in [-0.4, -0.2) is 55.7 Å². The van der Waals surface area contributed by atoms with E-state index in [2.05, 4.69) is 15.5 Å². The molecule has 0 radical (unpaired) electrons. The number of anilines is 2. The maximum atomic E-state index is 12.6. The van der Waals surface area contributed by atoms with Crippen LogP contribution in [0, 0.1) is 0 Å². The second kappa shape index (κ2) is 8.53. The van der Waals surface area contributed by atoms with Crippen molar-refractivity contribution in [3.05, 3.63) is 54.1 Å². The van der Waals surface area contributed by atoms with Crippen LogP contribution in [0.25, 0.3) is 0 Å². The maximum absolute atomic E-state index is 12.6. The van der Waals surface area contributed by atoms with Gasteiger partial charge in [0.1, 0.15) is 5.75 Å². The molecule has 1 heterocycles. The van der Waals surface area contributed by atoms with Crippen LogP contribution in [0.1, 0.15) is 23.2 Å². The summed E-state index contributed by atoms with van der Waals surface area (Å²) in [6.07, 6.45) is 2.05. The summed E-state index contributed by atoms with van der Waals surface area (Å²) in [5.41, 5.74) is 1.90. The quantitative estimate of drug-likeness (QED) is 0.578. The van der Waals surface area contributed by atoms with Gasteiger partial charge in [0.15, 0.2) is 6.54 Å². The summed E-state index contributed by atoms with van der Waals surface area (Å²) < 4.78 is 0. The van der Waals surface area contributed by atoms with Crippen molar-refractivity contribution in [3.63, 3.8) is 0 Å². The van der Waals surface area contributed by atoms with Crippen molar-refractivity contribution >= 4 is 23.2 Å². The molecule has 29 heavy (non-hydrogen) atoms. The highest BCUT2D eigenvalue weighted by atomic mass is 16.3. The molecule has 2 amide bonds. The van der Waals surface area contributed by atoms with Gasteiger partial charge in [0, 0.05) is 6.04 Å². The van der Waals surface area contributed by atoms with Crippen LogP contribution in [0.15, 0.2) is 48.5 Å². The molecular weight excluding hydrogens is 368 g/mol. The number of para-hydroxylation sites is 3. The molecule has 4 rings (SSSR count). The Hall–Kier alpha value is -3.06. The molecule has 4 N–H and O–H groups in total. The van der Waals surface area contributed by atoms with E-state index < -0.39 is 0 Å². The SMILES string of the molecule is O=C(C[NH+]1CCN(c2ccccc2O)CC1)Nc1ccccc1C(=O)NC1CC1. The number of quaternary nitrogens is 1. The number of carbonyl (C=O) groups is 2. The van der Waals surface area contributed by atoms with Crippen molar-refractivity contribution in [3.8, 4) is 5.75 Å². The summed E-state index contributed by atoms with van der Waals surface area (Å²) in [7, 11) is 0. The van der Waals surface area contributed by atoms with Crippen LogP contribution in [0.5, 0.6) is 5.75 Å². The average molecular weight is 395 g/mol. The lowest BCUT2D eigenvalue weighted by Gasteiger charge is -2.33. The number of phenols is 1. The highest BCUT2D eigenvalue weighted by molar-refractivity contribution is 6.04. The van der Waals surface area contributed by atoms with E-state index in [-0.39, 0.29) is 23.6 Å². The average Bonchev–Trinajstić information content (AvgIpc) is 3.53. The summed E-state index contributed by atoms with van der Waals surface area (Å²) in [6, 6.07) is 14.7. The molecule has 152 valence electrons. The number of piperazine rings is 1. The normalized spacial score (nSPS) is 17.0. The third kappa shape index (κ3) is 4.86. The first-order valence-electron chi connectivity index (χ1n) is 10.2. The van der Waals surface area contributed by atoms with Crippen molar-refractivity contribution in [2.45, 2.75) is 18.9 Å². The molecule has 0 atom stereocenters. The molecule has 0 aromatic heterocycles. The molecule has 0 bridgehead atoms. The minimum atomic E-state index is -0.132. The Labute approximate surface area is 170 Å². The number of aromatic hydroxyl groups is 1. The maximum Gasteiger partial charge on any atom is 0.279 e. The van der Waals surface area contributed by atoms with Gasteiger partial charge < -0.3 is 25.5 Å². The zero-order valence-electron chi connectivity index (χ0n) is 16.4. The third-order valence-corrected chi connectivity index (χ3v) is 5.46. The zero-order valence-corrected chi connectivity index (χ0v) is 16.4. The Morgan fingerprint density at radius 1 is 1.03 bits per heavy atom. The van der Waals surface area contributed by atoms with Crippen LogP contribution < -0.4 is 20.4 Å². The number of hydrogen-bond donors (Lipinski definition) is 4. The summed E-state index contributed by atoms with van der Waals surface area (Å²) in [6.45, 7) is 3.53. The molecule has 1 aliphatic heterocycles. The number of benzene rings is 2. The van der Waals surface area contributed by atoms with Crippen LogP contribution >= 0.6 is 0 Å². The van der Waals surface area contributed by atoms with Crippen LogP contribution in [0.2, 0.25) is 0 Å². The lowest BCUT2D eigenvalue weighted by molar-refractivity contribution is -0.892. The first kappa shape index (κ1) is 19.3. The monoisotopic (exact) mass is 395 g/mol. The number of nitrogens with one attached hydrogen (secondary N) is 3. The number of amides is 2. The van der Waals surface area contributed by atoms with Gasteiger partial charge in [-0.3, -0.25) is 9.59 Å². The van der Waals surface area contributed by atoms with Gasteiger partial charge in [0.05, 0.1) is 43.1 Å². The number of phenolic OH excluding ortho intramolecular Hbond substituents is 1. The van der Waals surface area contributed by atoms with Crippen LogP contribution in [0.3, 0.4) is 0 Å². The minimum absolute atomic E-state index is 0.0947. The Morgan fingerprint density at radius 3 is 2.45 bits per heavy atom. The van der Waals surface area contributed by atoms with Gasteiger partial charge in [-0.05, 0) is 37.1 Å². The van der Waals surface area contributed by atoms with Gasteiger partial charge in [-0.1, -0.05) is 24.3 Å². The summed E-state index contributed by atoms with van der Waals surface area (Å²) in [4.78, 5) is 28.3. The molecule has 0 spiro atoms. The first-order valence-corrected chi connectivity index (χ1v) is 10.2. The van der Waals surface area contributed by atoms with E-state index in [9.17, 15) is 14.7 Å². The summed E-state index contributed by atoms with van der Waals surface area (Å²) in [5.74, 6) is 0.0597. The van der Waals surface area contributed by atoms with Gasteiger partial charge in [-0.15, -0.1) is 0 Å². The largest absolute Gasteiger partial charge is 0.506 e. The lowest BCUT2D eigenvalue weighted by Crippen LogP contribution is -3.15. The fourth-order valence-electron chi connectivity index (χ4n) is 3.67. The highest BCUT2D eigenvalue weighted by Gasteiger charge is 2.26. The fourth-order valence-corrected chi connectivity index (χ4v) is 3.67. The number of rotatable bonds is 6. The van der Waals surface area contributed by atoms with Crippen LogP contribution in [0.4, 0.5) is 11.4 Å². The van der Waals surface area contributed by atoms with E-state index in [0.29, 0.717) is 17.8 Å². The Morgan fingerprint density at radius 2 is 1.72 bits per heavy atom. The molecule has 7 heteroatoms. The molecule has 0 unspecified atom stereocenters. The van der Waals surface area contributed by atoms with Gasteiger partial charge in [-0.25, -0.2) is 0 Å². The molecule has 1 aliphatic carbocycles. The summed E-state index contributed by atoms with van der Waals surface area (Å²) in [5, 5.41) is 15.9. The van der Waals surface area contributed by atoms with E-state index >= 15 is 0 Å². The second-order valence-corrected chi connectivity index (χ2v) is 7.74. The number of carbonyl (C=O) groups excluding carboxylic acids is 2. The van der Waals surface area contributed by atoms with E-state index in [1.165, 1.54) is 4.90 Å². The number of hydrogen-bond acceptors (Lipinski definition) is 4. The predicted molar refractivity (Wildman–Crippen MR) is 111 cm³/mol. The second-order valence-electron chi connectivity index (χ2n) is 7.74. The van der Waals surface area contributed by atoms with Gasteiger partial charge in [-0.2, -0.15) is 0 Å². The van der Waals surface area contributed by atoms with Crippen molar-refractivity contribution in [1.82, 2.24) is 5.32 Å². The Kier molecular flexibility index (Phi) is 5.67. The zero-order chi connectivity index (χ0) is 20.2. The topological polar surface area (TPSA) is 86.1 Å². The van der Waals surface area contributed by atoms with Crippen molar-refractivity contribution in [1.29, 1.82) is 0 Å². The first-order chi connectivity index (χ1) is 14.1. The van der Waals surface area contributed by atoms with E-state index in [0.717, 1.165) is 44.7 Å². The smallest absolute Gasteiger partial charge is 0.279 e. The van der Waals surface area contributed by atoms with Gasteiger partial charge in [0.25, 0.3) is 11.8 Å². The fraction of sp³-hybridized carbons (Fsp3) is 0.364. The van der Waals surface area contributed by atoms with Gasteiger partial charge >= 0.3 is 0 Å². The predicted octanol–water partition coefficient (Wildman–Crippen LogP) is 0.628.